The number of pyridine rings is 1. The molecule has 0 aliphatic carbocycles. The van der Waals surface area contributed by atoms with E-state index in [2.05, 4.69) is 51.9 Å². The summed E-state index contributed by atoms with van der Waals surface area (Å²) in [4.78, 5) is 13.5. The minimum atomic E-state index is 0.0955. The highest BCUT2D eigenvalue weighted by Gasteiger charge is 2.26. The van der Waals surface area contributed by atoms with E-state index in [1.807, 2.05) is 25.4 Å². The lowest BCUT2D eigenvalue weighted by Crippen LogP contribution is -2.54. The third-order valence-corrected chi connectivity index (χ3v) is 4.46. The summed E-state index contributed by atoms with van der Waals surface area (Å²) in [5.74, 6) is 1.99. The van der Waals surface area contributed by atoms with Crippen molar-refractivity contribution in [1.29, 1.82) is 0 Å². The summed E-state index contributed by atoms with van der Waals surface area (Å²) in [5, 5.41) is 3.47. The molecule has 24 heavy (non-hydrogen) atoms. The molecule has 0 saturated carbocycles. The van der Waals surface area contributed by atoms with Crippen molar-refractivity contribution in [1.82, 2.24) is 15.2 Å². The van der Waals surface area contributed by atoms with Crippen molar-refractivity contribution in [3.8, 4) is 0 Å². The first-order valence-electron chi connectivity index (χ1n) is 8.60. The van der Waals surface area contributed by atoms with Crippen LogP contribution in [0.5, 0.6) is 0 Å². The Morgan fingerprint density at radius 3 is 2.50 bits per heavy atom. The third-order valence-electron chi connectivity index (χ3n) is 4.46. The molecule has 1 aromatic rings. The van der Waals surface area contributed by atoms with Gasteiger partial charge in [-0.1, -0.05) is 26.8 Å². The van der Waals surface area contributed by atoms with Crippen LogP contribution >= 0.6 is 0 Å². The summed E-state index contributed by atoms with van der Waals surface area (Å²) in [7, 11) is 3.61. The van der Waals surface area contributed by atoms with Crippen LogP contribution in [0.1, 0.15) is 20.8 Å². The number of aliphatic imine (C=N–C) groups is 1. The summed E-state index contributed by atoms with van der Waals surface area (Å²) in [6.45, 7) is 11.1. The van der Waals surface area contributed by atoms with E-state index >= 15 is 0 Å². The Morgan fingerprint density at radius 1 is 1.29 bits per heavy atom. The normalized spacial score (nSPS) is 17.8. The zero-order chi connectivity index (χ0) is 17.6. The number of nitrogens with one attached hydrogen (secondary N) is 1. The van der Waals surface area contributed by atoms with Crippen molar-refractivity contribution in [3.05, 3.63) is 24.4 Å². The van der Waals surface area contributed by atoms with Gasteiger partial charge in [0.25, 0.3) is 0 Å². The first-order valence-corrected chi connectivity index (χ1v) is 8.60. The second-order valence-corrected chi connectivity index (χ2v) is 7.18. The number of aromatic nitrogens is 1. The van der Waals surface area contributed by atoms with Crippen LogP contribution in [0.15, 0.2) is 29.4 Å². The molecule has 6 heteroatoms. The van der Waals surface area contributed by atoms with Crippen molar-refractivity contribution in [2.45, 2.75) is 26.9 Å². The molecule has 1 saturated heterocycles. The predicted molar refractivity (Wildman–Crippen MR) is 99.6 cm³/mol. The zero-order valence-corrected chi connectivity index (χ0v) is 15.6. The fourth-order valence-corrected chi connectivity index (χ4v) is 2.95. The predicted octanol–water partition coefficient (Wildman–Crippen LogP) is 1.84. The zero-order valence-electron chi connectivity index (χ0n) is 15.6. The Labute approximate surface area is 145 Å². The monoisotopic (exact) mass is 333 g/mol. The third kappa shape index (κ3) is 4.84. The summed E-state index contributed by atoms with van der Waals surface area (Å²) >= 11 is 0. The van der Waals surface area contributed by atoms with Gasteiger partial charge >= 0.3 is 0 Å². The molecular weight excluding hydrogens is 302 g/mol. The number of rotatable bonds is 4. The second kappa shape index (κ2) is 8.33. The molecule has 0 radical (unpaired) electrons. The molecule has 1 aliphatic rings. The van der Waals surface area contributed by atoms with Gasteiger partial charge in [0.1, 0.15) is 5.82 Å². The van der Waals surface area contributed by atoms with Gasteiger partial charge in [-0.3, -0.25) is 4.99 Å². The van der Waals surface area contributed by atoms with E-state index in [1.54, 1.807) is 7.11 Å². The van der Waals surface area contributed by atoms with Gasteiger partial charge in [-0.15, -0.1) is 0 Å². The smallest absolute Gasteiger partial charge is 0.193 e. The second-order valence-electron chi connectivity index (χ2n) is 7.18. The Hall–Kier alpha value is -1.82. The summed E-state index contributed by atoms with van der Waals surface area (Å²) in [6, 6.07) is 6.05. The Morgan fingerprint density at radius 2 is 2.00 bits per heavy atom. The highest BCUT2D eigenvalue weighted by Crippen LogP contribution is 2.21. The number of piperazine rings is 1. The molecule has 1 aliphatic heterocycles. The van der Waals surface area contributed by atoms with Gasteiger partial charge in [-0.2, -0.15) is 0 Å². The number of ether oxygens (including phenoxy) is 1. The topological polar surface area (TPSA) is 53.0 Å². The van der Waals surface area contributed by atoms with Gasteiger partial charge in [0.05, 0.1) is 6.10 Å². The maximum atomic E-state index is 5.62. The summed E-state index contributed by atoms with van der Waals surface area (Å²) in [6.07, 6.45) is 1.99. The van der Waals surface area contributed by atoms with Crippen LogP contribution in [0.4, 0.5) is 5.82 Å². The minimum absolute atomic E-state index is 0.0955. The number of nitrogens with zero attached hydrogens (tertiary/aromatic N) is 4. The van der Waals surface area contributed by atoms with Crippen LogP contribution in [0.3, 0.4) is 0 Å². The van der Waals surface area contributed by atoms with Crippen LogP contribution in [-0.4, -0.2) is 68.8 Å². The number of hydrogen-bond acceptors (Lipinski definition) is 4. The molecule has 2 heterocycles. The first-order chi connectivity index (χ1) is 11.5. The number of anilines is 1. The van der Waals surface area contributed by atoms with Crippen LogP contribution in [-0.2, 0) is 4.74 Å². The molecule has 1 N–H and O–H groups in total. The lowest BCUT2D eigenvalue weighted by Gasteiger charge is -2.38. The van der Waals surface area contributed by atoms with Gasteiger partial charge in [0, 0.05) is 53.1 Å². The van der Waals surface area contributed by atoms with Gasteiger partial charge in [0.2, 0.25) is 0 Å². The highest BCUT2D eigenvalue weighted by atomic mass is 16.5. The van der Waals surface area contributed by atoms with Gasteiger partial charge in [0.15, 0.2) is 5.96 Å². The van der Waals surface area contributed by atoms with Gasteiger partial charge in [-0.05, 0) is 17.5 Å². The lowest BCUT2D eigenvalue weighted by atomic mass is 9.89. The van der Waals surface area contributed by atoms with E-state index in [0.29, 0.717) is 0 Å². The number of guanidine groups is 1. The van der Waals surface area contributed by atoms with E-state index in [-0.39, 0.29) is 11.5 Å². The standard InChI is InChI=1S/C18H31N5O/c1-18(2,3)15(24-5)14-21-17(19-4)23-12-10-22(11-13-23)16-8-6-7-9-20-16/h6-9,15H,10-14H2,1-5H3,(H,19,21). The molecular formula is C18H31N5O. The Bertz CT molecular complexity index is 518. The molecule has 1 fully saturated rings. The first kappa shape index (κ1) is 18.5. The van der Waals surface area contributed by atoms with Crippen LogP contribution < -0.4 is 10.2 Å². The van der Waals surface area contributed by atoms with Crippen LogP contribution in [0.2, 0.25) is 0 Å². The molecule has 1 aromatic heterocycles. The van der Waals surface area contributed by atoms with Crippen molar-refractivity contribution in [2.75, 3.05) is 51.8 Å². The highest BCUT2D eigenvalue weighted by molar-refractivity contribution is 5.80. The molecule has 0 spiro atoms. The van der Waals surface area contributed by atoms with E-state index < -0.39 is 0 Å². The molecule has 134 valence electrons. The van der Waals surface area contributed by atoms with E-state index in [4.69, 9.17) is 4.74 Å². The SMILES string of the molecule is CN=C(NCC(OC)C(C)(C)C)N1CCN(c2ccccn2)CC1. The average molecular weight is 333 g/mol. The summed E-state index contributed by atoms with van der Waals surface area (Å²) < 4.78 is 5.62. The van der Waals surface area contributed by atoms with Gasteiger partial charge < -0.3 is 19.9 Å². The fourth-order valence-electron chi connectivity index (χ4n) is 2.95. The maximum absolute atomic E-state index is 5.62. The molecule has 0 bridgehead atoms. The van der Waals surface area contributed by atoms with E-state index in [9.17, 15) is 0 Å². The van der Waals surface area contributed by atoms with E-state index in [1.165, 1.54) is 0 Å². The summed E-state index contributed by atoms with van der Waals surface area (Å²) in [5.41, 5.74) is 0.0955. The Balaban J connectivity index is 1.87. The van der Waals surface area contributed by atoms with Crippen LogP contribution in [0.25, 0.3) is 0 Å². The largest absolute Gasteiger partial charge is 0.379 e. The molecule has 1 unspecified atom stereocenters. The molecule has 2 rings (SSSR count). The number of hydrogen-bond donors (Lipinski definition) is 1. The molecule has 0 aromatic carbocycles. The van der Waals surface area contributed by atoms with Crippen molar-refractivity contribution >= 4 is 11.8 Å². The molecule has 6 nitrogen and oxygen atoms in total. The van der Waals surface area contributed by atoms with Crippen molar-refractivity contribution in [2.24, 2.45) is 10.4 Å². The quantitative estimate of drug-likeness (QED) is 0.673. The van der Waals surface area contributed by atoms with Crippen molar-refractivity contribution in [3.63, 3.8) is 0 Å². The molecule has 0 amide bonds. The van der Waals surface area contributed by atoms with Crippen LogP contribution in [0, 0.1) is 5.41 Å². The van der Waals surface area contributed by atoms with E-state index in [0.717, 1.165) is 44.5 Å². The minimum Gasteiger partial charge on any atom is -0.379 e. The Kier molecular flexibility index (Phi) is 6.43. The van der Waals surface area contributed by atoms with Crippen molar-refractivity contribution < 1.29 is 4.74 Å². The number of methoxy groups -OCH3 is 1. The fraction of sp³-hybridized carbons (Fsp3) is 0.667. The maximum Gasteiger partial charge on any atom is 0.193 e. The lowest BCUT2D eigenvalue weighted by molar-refractivity contribution is 0.0201. The van der Waals surface area contributed by atoms with Gasteiger partial charge in [-0.25, -0.2) is 4.98 Å². The average Bonchev–Trinajstić information content (AvgIpc) is 2.59. The molecule has 1 atom stereocenters.